The summed E-state index contributed by atoms with van der Waals surface area (Å²) in [5.74, 6) is 0.718. The Morgan fingerprint density at radius 2 is 2.00 bits per heavy atom. The summed E-state index contributed by atoms with van der Waals surface area (Å²) < 4.78 is 18.7. The van der Waals surface area contributed by atoms with Gasteiger partial charge in [-0.2, -0.15) is 0 Å². The number of fused-ring (bicyclic) bond motifs is 1. The molecule has 0 aliphatic carbocycles. The van der Waals surface area contributed by atoms with E-state index in [2.05, 4.69) is 23.5 Å². The molecular formula is C17H16FNOS. The second-order valence-corrected chi connectivity index (χ2v) is 5.73. The van der Waals surface area contributed by atoms with Crippen molar-refractivity contribution < 1.29 is 9.13 Å². The Bertz CT molecular complexity index is 753. The Morgan fingerprint density at radius 3 is 2.81 bits per heavy atom. The molecule has 108 valence electrons. The molecule has 0 aliphatic rings. The zero-order valence-corrected chi connectivity index (χ0v) is 12.5. The van der Waals surface area contributed by atoms with Crippen LogP contribution in [-0.4, -0.2) is 20.3 Å². The standard InChI is InChI=1S/C17H16FNOS/c1-19-15-5-3-2-4-14(15)17-10-12-6-7-13(20-9-8-18)11-16(12)21-17/h2-7,10-11,19H,8-9H2,1H3. The van der Waals surface area contributed by atoms with Crippen LogP contribution in [0.2, 0.25) is 0 Å². The van der Waals surface area contributed by atoms with E-state index in [9.17, 15) is 4.39 Å². The number of nitrogens with one attached hydrogen (secondary N) is 1. The monoisotopic (exact) mass is 301 g/mol. The number of alkyl halides is 1. The maximum atomic E-state index is 12.2. The number of hydrogen-bond donors (Lipinski definition) is 1. The van der Waals surface area contributed by atoms with Crippen molar-refractivity contribution in [3.05, 3.63) is 48.5 Å². The summed E-state index contributed by atoms with van der Waals surface area (Å²) in [6.45, 7) is -0.365. The Balaban J connectivity index is 2.00. The van der Waals surface area contributed by atoms with Gasteiger partial charge in [-0.25, -0.2) is 4.39 Å². The molecular weight excluding hydrogens is 285 g/mol. The first-order valence-electron chi connectivity index (χ1n) is 6.81. The van der Waals surface area contributed by atoms with E-state index in [1.54, 1.807) is 11.3 Å². The van der Waals surface area contributed by atoms with Crippen molar-refractivity contribution in [3.8, 4) is 16.2 Å². The smallest absolute Gasteiger partial charge is 0.123 e. The molecule has 0 atom stereocenters. The minimum absolute atomic E-state index is 0.103. The first-order valence-corrected chi connectivity index (χ1v) is 7.63. The SMILES string of the molecule is CNc1ccccc1-c1cc2ccc(OCCF)cc2s1. The van der Waals surface area contributed by atoms with Crippen LogP contribution in [0.1, 0.15) is 0 Å². The average Bonchev–Trinajstić information content (AvgIpc) is 2.95. The zero-order chi connectivity index (χ0) is 14.7. The average molecular weight is 301 g/mol. The molecule has 0 unspecified atom stereocenters. The second kappa shape index (κ2) is 6.14. The van der Waals surface area contributed by atoms with E-state index in [4.69, 9.17) is 4.74 Å². The fraction of sp³-hybridized carbons (Fsp3) is 0.176. The van der Waals surface area contributed by atoms with Gasteiger partial charge in [0.2, 0.25) is 0 Å². The highest BCUT2D eigenvalue weighted by atomic mass is 32.1. The minimum Gasteiger partial charge on any atom is -0.491 e. The number of hydrogen-bond acceptors (Lipinski definition) is 3. The molecule has 3 aromatic rings. The van der Waals surface area contributed by atoms with Crippen molar-refractivity contribution in [1.82, 2.24) is 0 Å². The predicted molar refractivity (Wildman–Crippen MR) is 88.3 cm³/mol. The number of ether oxygens (including phenoxy) is 1. The van der Waals surface area contributed by atoms with E-state index in [1.165, 1.54) is 15.8 Å². The second-order valence-electron chi connectivity index (χ2n) is 4.64. The highest BCUT2D eigenvalue weighted by Crippen LogP contribution is 2.38. The van der Waals surface area contributed by atoms with Crippen LogP contribution in [-0.2, 0) is 0 Å². The summed E-state index contributed by atoms with van der Waals surface area (Å²) in [5.41, 5.74) is 2.30. The molecule has 21 heavy (non-hydrogen) atoms. The molecule has 0 saturated carbocycles. The Hall–Kier alpha value is -2.07. The van der Waals surface area contributed by atoms with E-state index < -0.39 is 6.67 Å². The van der Waals surface area contributed by atoms with Gasteiger partial charge in [0.05, 0.1) is 0 Å². The molecule has 1 heterocycles. The summed E-state index contributed by atoms with van der Waals surface area (Å²) in [6.07, 6.45) is 0. The van der Waals surface area contributed by atoms with Crippen molar-refractivity contribution in [1.29, 1.82) is 0 Å². The lowest BCUT2D eigenvalue weighted by Gasteiger charge is -2.05. The lowest BCUT2D eigenvalue weighted by molar-refractivity contribution is 0.273. The van der Waals surface area contributed by atoms with Gasteiger partial charge in [0, 0.05) is 27.9 Å². The molecule has 0 aliphatic heterocycles. The van der Waals surface area contributed by atoms with E-state index in [0.717, 1.165) is 16.1 Å². The Labute approximate surface area is 127 Å². The van der Waals surface area contributed by atoms with Gasteiger partial charge in [0.15, 0.2) is 0 Å². The molecule has 3 rings (SSSR count). The topological polar surface area (TPSA) is 21.3 Å². The van der Waals surface area contributed by atoms with Gasteiger partial charge in [-0.3, -0.25) is 0 Å². The molecule has 1 N–H and O–H groups in total. The molecule has 2 aromatic carbocycles. The van der Waals surface area contributed by atoms with Crippen LogP contribution in [0.3, 0.4) is 0 Å². The summed E-state index contributed by atoms with van der Waals surface area (Å²) in [4.78, 5) is 1.21. The fourth-order valence-electron chi connectivity index (χ4n) is 2.31. The lowest BCUT2D eigenvalue weighted by atomic mass is 10.1. The molecule has 0 fully saturated rings. The molecule has 0 bridgehead atoms. The van der Waals surface area contributed by atoms with Crippen LogP contribution in [0, 0.1) is 0 Å². The van der Waals surface area contributed by atoms with Crippen molar-refractivity contribution in [2.45, 2.75) is 0 Å². The number of benzene rings is 2. The van der Waals surface area contributed by atoms with Gasteiger partial charge in [-0.05, 0) is 35.7 Å². The highest BCUT2D eigenvalue weighted by Gasteiger charge is 2.08. The van der Waals surface area contributed by atoms with Crippen LogP contribution < -0.4 is 10.1 Å². The summed E-state index contributed by atoms with van der Waals surface area (Å²) in [6, 6.07) is 16.3. The zero-order valence-electron chi connectivity index (χ0n) is 11.7. The van der Waals surface area contributed by atoms with Gasteiger partial charge in [0.25, 0.3) is 0 Å². The van der Waals surface area contributed by atoms with Crippen molar-refractivity contribution in [2.75, 3.05) is 25.6 Å². The summed E-state index contributed by atoms with van der Waals surface area (Å²) in [5, 5.41) is 4.39. The number of halogens is 1. The quantitative estimate of drug-likeness (QED) is 0.719. The third-order valence-corrected chi connectivity index (χ3v) is 4.43. The van der Waals surface area contributed by atoms with Gasteiger partial charge in [0.1, 0.15) is 19.0 Å². The van der Waals surface area contributed by atoms with Crippen molar-refractivity contribution >= 4 is 27.1 Å². The van der Waals surface area contributed by atoms with Crippen molar-refractivity contribution in [3.63, 3.8) is 0 Å². The lowest BCUT2D eigenvalue weighted by Crippen LogP contribution is -1.97. The molecule has 0 amide bonds. The largest absolute Gasteiger partial charge is 0.491 e. The maximum Gasteiger partial charge on any atom is 0.123 e. The van der Waals surface area contributed by atoms with E-state index in [-0.39, 0.29) is 6.61 Å². The minimum atomic E-state index is -0.469. The number of anilines is 1. The Morgan fingerprint density at radius 1 is 1.14 bits per heavy atom. The third kappa shape index (κ3) is 2.85. The molecule has 0 spiro atoms. The molecule has 0 saturated heterocycles. The van der Waals surface area contributed by atoms with Crippen LogP contribution in [0.4, 0.5) is 10.1 Å². The van der Waals surface area contributed by atoms with Gasteiger partial charge < -0.3 is 10.1 Å². The van der Waals surface area contributed by atoms with Crippen molar-refractivity contribution in [2.24, 2.45) is 0 Å². The first-order chi connectivity index (χ1) is 10.3. The summed E-state index contributed by atoms with van der Waals surface area (Å²) in [7, 11) is 1.93. The van der Waals surface area contributed by atoms with E-state index in [1.807, 2.05) is 37.4 Å². The normalized spacial score (nSPS) is 10.8. The van der Waals surface area contributed by atoms with Gasteiger partial charge in [-0.1, -0.05) is 18.2 Å². The number of rotatable bonds is 5. The molecule has 2 nitrogen and oxygen atoms in total. The first kappa shape index (κ1) is 13.9. The van der Waals surface area contributed by atoms with Gasteiger partial charge in [-0.15, -0.1) is 11.3 Å². The predicted octanol–water partition coefficient (Wildman–Crippen LogP) is 4.96. The third-order valence-electron chi connectivity index (χ3n) is 3.30. The molecule has 4 heteroatoms. The van der Waals surface area contributed by atoms with E-state index >= 15 is 0 Å². The highest BCUT2D eigenvalue weighted by molar-refractivity contribution is 7.22. The molecule has 1 aromatic heterocycles. The van der Waals surface area contributed by atoms with Crippen LogP contribution in [0.5, 0.6) is 5.75 Å². The number of para-hydroxylation sites is 1. The van der Waals surface area contributed by atoms with Crippen LogP contribution >= 0.6 is 11.3 Å². The van der Waals surface area contributed by atoms with Crippen LogP contribution in [0.15, 0.2) is 48.5 Å². The van der Waals surface area contributed by atoms with Gasteiger partial charge >= 0.3 is 0 Å². The number of thiophene rings is 1. The molecule has 0 radical (unpaired) electrons. The van der Waals surface area contributed by atoms with E-state index in [0.29, 0.717) is 0 Å². The fourth-order valence-corrected chi connectivity index (χ4v) is 3.44. The van der Waals surface area contributed by atoms with Crippen LogP contribution in [0.25, 0.3) is 20.5 Å². The Kier molecular flexibility index (Phi) is 4.06. The summed E-state index contributed by atoms with van der Waals surface area (Å²) >= 11 is 1.71. The maximum absolute atomic E-state index is 12.2.